The van der Waals surface area contributed by atoms with Crippen LogP contribution in [0.2, 0.25) is 0 Å². The van der Waals surface area contributed by atoms with Crippen molar-refractivity contribution in [3.63, 3.8) is 0 Å². The molecule has 0 aliphatic heterocycles. The fourth-order valence-corrected chi connectivity index (χ4v) is 4.66. The molecule has 0 aliphatic rings. The molecular weight excluding hydrogens is 482 g/mol. The Kier molecular flexibility index (Phi) is 7.94. The number of anilines is 3. The zero-order valence-corrected chi connectivity index (χ0v) is 22.6. The Bertz CT molecular complexity index is 1580. The molecule has 0 atom stereocenters. The second kappa shape index (κ2) is 11.9. The van der Waals surface area contributed by atoms with Crippen molar-refractivity contribution in [3.8, 4) is 0 Å². The van der Waals surface area contributed by atoms with E-state index in [4.69, 9.17) is 0 Å². The first-order chi connectivity index (χ1) is 19.0. The van der Waals surface area contributed by atoms with E-state index in [0.717, 1.165) is 58.6 Å². The fourth-order valence-electron chi connectivity index (χ4n) is 4.66. The predicted octanol–water partition coefficient (Wildman–Crippen LogP) is 7.13. The molecule has 2 N–H and O–H groups in total. The molecule has 0 bridgehead atoms. The Labute approximate surface area is 229 Å². The predicted molar refractivity (Wildman–Crippen MR) is 159 cm³/mol. The Hall–Kier alpha value is -4.55. The van der Waals surface area contributed by atoms with Crippen LogP contribution < -0.4 is 10.6 Å². The average molecular weight is 516 g/mol. The number of nitrogens with zero attached hydrogens (tertiary/aromatic N) is 3. The highest BCUT2D eigenvalue weighted by molar-refractivity contribution is 6.04. The molecule has 0 aliphatic carbocycles. The second-order valence-corrected chi connectivity index (χ2v) is 9.83. The van der Waals surface area contributed by atoms with Gasteiger partial charge >= 0.3 is 0 Å². The third-order valence-electron chi connectivity index (χ3n) is 6.72. The maximum Gasteiger partial charge on any atom is 0.255 e. The number of benzene rings is 4. The van der Waals surface area contributed by atoms with Crippen molar-refractivity contribution >= 4 is 34.1 Å². The van der Waals surface area contributed by atoms with E-state index in [1.807, 2.05) is 61.5 Å². The number of carbonyl (C=O) groups excluding carboxylic acids is 1. The number of fused-ring (bicyclic) bond motifs is 1. The zero-order valence-electron chi connectivity index (χ0n) is 22.6. The second-order valence-electron chi connectivity index (χ2n) is 9.83. The van der Waals surface area contributed by atoms with Crippen molar-refractivity contribution in [2.45, 2.75) is 33.4 Å². The standard InChI is InChI=1S/C33H33N5O/c1-4-29-28-12-8-9-13-30(28)37-33(36-29)34-27-18-16-26(17-19-27)32(39)35-31-20-25(15-14-23(31)2)22-38(3)21-24-10-6-5-7-11-24/h5-20H,4,21-22H2,1-3H3,(H,35,39)(H,34,36,37). The van der Waals surface area contributed by atoms with E-state index in [1.165, 1.54) is 5.56 Å². The van der Waals surface area contributed by atoms with Crippen LogP contribution in [0.1, 0.15) is 39.7 Å². The molecule has 5 aromatic rings. The molecule has 0 radical (unpaired) electrons. The summed E-state index contributed by atoms with van der Waals surface area (Å²) in [4.78, 5) is 24.7. The Morgan fingerprint density at radius 3 is 2.31 bits per heavy atom. The molecular formula is C33H33N5O. The lowest BCUT2D eigenvalue weighted by molar-refractivity contribution is 0.102. The van der Waals surface area contributed by atoms with Gasteiger partial charge in [0.25, 0.3) is 5.91 Å². The third-order valence-corrected chi connectivity index (χ3v) is 6.72. The third kappa shape index (κ3) is 6.48. The number of hydrogen-bond acceptors (Lipinski definition) is 5. The number of aryl methyl sites for hydroxylation is 2. The Morgan fingerprint density at radius 2 is 1.54 bits per heavy atom. The summed E-state index contributed by atoms with van der Waals surface area (Å²) in [6.07, 6.45) is 0.820. The van der Waals surface area contributed by atoms with Crippen LogP contribution >= 0.6 is 0 Å². The van der Waals surface area contributed by atoms with E-state index in [0.29, 0.717) is 11.5 Å². The zero-order chi connectivity index (χ0) is 27.2. The number of nitrogens with one attached hydrogen (secondary N) is 2. The Balaban J connectivity index is 1.24. The molecule has 1 heterocycles. The number of amides is 1. The summed E-state index contributed by atoms with van der Waals surface area (Å²) < 4.78 is 0. The fraction of sp³-hybridized carbons (Fsp3) is 0.182. The largest absolute Gasteiger partial charge is 0.324 e. The minimum absolute atomic E-state index is 0.144. The van der Waals surface area contributed by atoms with Crippen LogP contribution in [0.5, 0.6) is 0 Å². The molecule has 39 heavy (non-hydrogen) atoms. The normalized spacial score (nSPS) is 11.1. The minimum Gasteiger partial charge on any atom is -0.324 e. The molecule has 6 heteroatoms. The van der Waals surface area contributed by atoms with Gasteiger partial charge in [-0.3, -0.25) is 9.69 Å². The summed E-state index contributed by atoms with van der Waals surface area (Å²) in [5.41, 5.74) is 7.59. The van der Waals surface area contributed by atoms with Gasteiger partial charge in [0.15, 0.2) is 0 Å². The Morgan fingerprint density at radius 1 is 0.821 bits per heavy atom. The van der Waals surface area contributed by atoms with Crippen molar-refractivity contribution in [1.29, 1.82) is 0 Å². The summed E-state index contributed by atoms with van der Waals surface area (Å²) in [6, 6.07) is 32.1. The maximum atomic E-state index is 13.1. The molecule has 4 aromatic carbocycles. The average Bonchev–Trinajstić information content (AvgIpc) is 2.95. The SMILES string of the molecule is CCc1nc(Nc2ccc(C(=O)Nc3cc(CN(C)Cc4ccccc4)ccc3C)cc2)nc2ccccc12. The van der Waals surface area contributed by atoms with Gasteiger partial charge in [-0.25, -0.2) is 9.97 Å². The van der Waals surface area contributed by atoms with Crippen molar-refractivity contribution in [3.05, 3.63) is 125 Å². The maximum absolute atomic E-state index is 13.1. The molecule has 0 unspecified atom stereocenters. The summed E-state index contributed by atoms with van der Waals surface area (Å²) in [5.74, 6) is 0.405. The van der Waals surface area contributed by atoms with Gasteiger partial charge in [0.1, 0.15) is 0 Å². The van der Waals surface area contributed by atoms with E-state index in [1.54, 1.807) is 0 Å². The van der Waals surface area contributed by atoms with Gasteiger partial charge in [0.05, 0.1) is 11.2 Å². The quantitative estimate of drug-likeness (QED) is 0.219. The van der Waals surface area contributed by atoms with Gasteiger partial charge in [-0.2, -0.15) is 0 Å². The van der Waals surface area contributed by atoms with E-state index in [2.05, 4.69) is 81.9 Å². The first-order valence-electron chi connectivity index (χ1n) is 13.2. The highest BCUT2D eigenvalue weighted by Crippen LogP contribution is 2.22. The van der Waals surface area contributed by atoms with Crippen LogP contribution in [-0.4, -0.2) is 27.8 Å². The molecule has 5 rings (SSSR count). The van der Waals surface area contributed by atoms with Crippen molar-refractivity contribution in [2.24, 2.45) is 0 Å². The van der Waals surface area contributed by atoms with Gasteiger partial charge in [0, 0.05) is 35.4 Å². The first-order valence-corrected chi connectivity index (χ1v) is 13.2. The van der Waals surface area contributed by atoms with Gasteiger partial charge < -0.3 is 10.6 Å². The van der Waals surface area contributed by atoms with Crippen molar-refractivity contribution in [1.82, 2.24) is 14.9 Å². The molecule has 0 saturated heterocycles. The highest BCUT2D eigenvalue weighted by atomic mass is 16.1. The van der Waals surface area contributed by atoms with Crippen LogP contribution in [0.4, 0.5) is 17.3 Å². The lowest BCUT2D eigenvalue weighted by Crippen LogP contribution is -2.18. The number of hydrogen-bond donors (Lipinski definition) is 2. The minimum atomic E-state index is -0.144. The number of para-hydroxylation sites is 1. The molecule has 1 amide bonds. The van der Waals surface area contributed by atoms with Crippen LogP contribution in [0.25, 0.3) is 10.9 Å². The van der Waals surface area contributed by atoms with Crippen LogP contribution in [0.3, 0.4) is 0 Å². The molecule has 0 spiro atoms. The molecule has 0 fully saturated rings. The monoisotopic (exact) mass is 515 g/mol. The van der Waals surface area contributed by atoms with E-state index in [9.17, 15) is 4.79 Å². The molecule has 6 nitrogen and oxygen atoms in total. The summed E-state index contributed by atoms with van der Waals surface area (Å²) in [7, 11) is 2.10. The van der Waals surface area contributed by atoms with E-state index in [-0.39, 0.29) is 5.91 Å². The molecule has 1 aromatic heterocycles. The van der Waals surface area contributed by atoms with Gasteiger partial charge in [-0.05, 0) is 73.5 Å². The van der Waals surface area contributed by atoms with Crippen molar-refractivity contribution < 1.29 is 4.79 Å². The number of rotatable bonds is 9. The number of aromatic nitrogens is 2. The summed E-state index contributed by atoms with van der Waals surface area (Å²) >= 11 is 0. The van der Waals surface area contributed by atoms with Gasteiger partial charge in [0.2, 0.25) is 5.95 Å². The first kappa shape index (κ1) is 26.1. The lowest BCUT2D eigenvalue weighted by atomic mass is 10.1. The topological polar surface area (TPSA) is 70.2 Å². The lowest BCUT2D eigenvalue weighted by Gasteiger charge is -2.18. The summed E-state index contributed by atoms with van der Waals surface area (Å²) in [5, 5.41) is 7.44. The van der Waals surface area contributed by atoms with Crippen molar-refractivity contribution in [2.75, 3.05) is 17.7 Å². The molecule has 0 saturated carbocycles. The highest BCUT2D eigenvalue weighted by Gasteiger charge is 2.11. The van der Waals surface area contributed by atoms with E-state index < -0.39 is 0 Å². The number of carbonyl (C=O) groups is 1. The smallest absolute Gasteiger partial charge is 0.255 e. The summed E-state index contributed by atoms with van der Waals surface area (Å²) in [6.45, 7) is 5.75. The van der Waals surface area contributed by atoms with Crippen LogP contribution in [-0.2, 0) is 19.5 Å². The van der Waals surface area contributed by atoms with E-state index >= 15 is 0 Å². The van der Waals surface area contributed by atoms with Gasteiger partial charge in [-0.1, -0.05) is 67.6 Å². The van der Waals surface area contributed by atoms with Crippen LogP contribution in [0, 0.1) is 6.92 Å². The van der Waals surface area contributed by atoms with Gasteiger partial charge in [-0.15, -0.1) is 0 Å². The van der Waals surface area contributed by atoms with Crippen LogP contribution in [0.15, 0.2) is 97.1 Å². The molecule has 196 valence electrons.